The molecule has 0 radical (unpaired) electrons. The molecule has 88 valence electrons. The van der Waals surface area contributed by atoms with Crippen LogP contribution < -0.4 is 5.32 Å². The smallest absolute Gasteiger partial charge is 0.325 e. The molecule has 0 aromatic carbocycles. The number of amides is 2. The molecule has 0 rings (SSSR count). The van der Waals surface area contributed by atoms with Crippen LogP contribution in [0.2, 0.25) is 0 Å². The van der Waals surface area contributed by atoms with E-state index in [1.165, 1.54) is 11.8 Å². The topological polar surface area (TPSA) is 69.6 Å². The standard InChI is InChI=1S/C10H20N2O3/c1-4-5-6-7-12(3)10(15)11-8(2)9(13)14/h8H,4-7H2,1-3H3,(H,11,15)(H,13,14)/t8-/m1/s1. The summed E-state index contributed by atoms with van der Waals surface area (Å²) in [5, 5.41) is 11.0. The number of hydrogen-bond donors (Lipinski definition) is 2. The Kier molecular flexibility index (Phi) is 6.49. The van der Waals surface area contributed by atoms with Crippen LogP contribution >= 0.6 is 0 Å². The zero-order valence-corrected chi connectivity index (χ0v) is 9.62. The van der Waals surface area contributed by atoms with Crippen molar-refractivity contribution in [3.05, 3.63) is 0 Å². The highest BCUT2D eigenvalue weighted by Crippen LogP contribution is 1.97. The third kappa shape index (κ3) is 5.93. The van der Waals surface area contributed by atoms with Crippen LogP contribution in [0, 0.1) is 0 Å². The number of hydrogen-bond acceptors (Lipinski definition) is 2. The lowest BCUT2D eigenvalue weighted by atomic mass is 10.2. The van der Waals surface area contributed by atoms with Gasteiger partial charge in [-0.05, 0) is 13.3 Å². The fourth-order valence-electron chi connectivity index (χ4n) is 1.06. The maximum Gasteiger partial charge on any atom is 0.325 e. The Labute approximate surface area is 90.5 Å². The largest absolute Gasteiger partial charge is 0.480 e. The van der Waals surface area contributed by atoms with Gasteiger partial charge in [-0.3, -0.25) is 4.79 Å². The number of carboxylic acid groups (broad SMARTS) is 1. The number of unbranched alkanes of at least 4 members (excludes halogenated alkanes) is 2. The molecule has 0 aromatic rings. The van der Waals surface area contributed by atoms with Gasteiger partial charge in [-0.2, -0.15) is 0 Å². The summed E-state index contributed by atoms with van der Waals surface area (Å²) in [6, 6.07) is -1.17. The average Bonchev–Trinajstić information content (AvgIpc) is 2.17. The van der Waals surface area contributed by atoms with Crippen molar-refractivity contribution in [3.8, 4) is 0 Å². The number of carbonyl (C=O) groups is 2. The summed E-state index contributed by atoms with van der Waals surface area (Å²) in [5.74, 6) is -1.02. The number of nitrogens with one attached hydrogen (secondary N) is 1. The van der Waals surface area contributed by atoms with Gasteiger partial charge >= 0.3 is 12.0 Å². The Morgan fingerprint density at radius 1 is 1.40 bits per heavy atom. The third-order valence-corrected chi connectivity index (χ3v) is 2.15. The van der Waals surface area contributed by atoms with Gasteiger partial charge in [0.2, 0.25) is 0 Å². The number of carbonyl (C=O) groups excluding carboxylic acids is 1. The second kappa shape index (κ2) is 7.09. The minimum Gasteiger partial charge on any atom is -0.480 e. The molecule has 0 aliphatic heterocycles. The summed E-state index contributed by atoms with van der Waals surface area (Å²) in [6.45, 7) is 4.19. The van der Waals surface area contributed by atoms with Crippen LogP contribution in [-0.2, 0) is 4.79 Å². The van der Waals surface area contributed by atoms with Gasteiger partial charge in [0.1, 0.15) is 6.04 Å². The van der Waals surface area contributed by atoms with E-state index in [1.807, 2.05) is 0 Å². The number of carboxylic acids is 1. The van der Waals surface area contributed by atoms with Gasteiger partial charge in [-0.1, -0.05) is 19.8 Å². The van der Waals surface area contributed by atoms with Crippen molar-refractivity contribution in [1.82, 2.24) is 10.2 Å². The van der Waals surface area contributed by atoms with Crippen molar-refractivity contribution in [2.24, 2.45) is 0 Å². The molecular formula is C10H20N2O3. The first-order valence-corrected chi connectivity index (χ1v) is 5.23. The average molecular weight is 216 g/mol. The van der Waals surface area contributed by atoms with Crippen molar-refractivity contribution < 1.29 is 14.7 Å². The molecule has 0 aromatic heterocycles. The highest BCUT2D eigenvalue weighted by Gasteiger charge is 2.16. The van der Waals surface area contributed by atoms with Gasteiger partial charge in [0.25, 0.3) is 0 Å². The van der Waals surface area contributed by atoms with E-state index < -0.39 is 12.0 Å². The molecule has 0 saturated carbocycles. The zero-order valence-electron chi connectivity index (χ0n) is 9.62. The zero-order chi connectivity index (χ0) is 11.8. The summed E-state index contributed by atoms with van der Waals surface area (Å²) < 4.78 is 0. The molecule has 2 N–H and O–H groups in total. The first kappa shape index (κ1) is 13.7. The molecule has 2 amide bonds. The van der Waals surface area contributed by atoms with Gasteiger partial charge in [0, 0.05) is 13.6 Å². The minimum atomic E-state index is -1.02. The quantitative estimate of drug-likeness (QED) is 0.657. The molecule has 0 spiro atoms. The maximum absolute atomic E-state index is 11.4. The van der Waals surface area contributed by atoms with Crippen LogP contribution in [0.3, 0.4) is 0 Å². The highest BCUT2D eigenvalue weighted by molar-refractivity contribution is 5.82. The van der Waals surface area contributed by atoms with Gasteiger partial charge < -0.3 is 15.3 Å². The van der Waals surface area contributed by atoms with Crippen molar-refractivity contribution in [3.63, 3.8) is 0 Å². The fourth-order valence-corrected chi connectivity index (χ4v) is 1.06. The lowest BCUT2D eigenvalue weighted by molar-refractivity contribution is -0.138. The van der Waals surface area contributed by atoms with E-state index in [0.717, 1.165) is 19.3 Å². The number of nitrogens with zero attached hydrogens (tertiary/aromatic N) is 1. The van der Waals surface area contributed by atoms with E-state index in [9.17, 15) is 9.59 Å². The van der Waals surface area contributed by atoms with Crippen molar-refractivity contribution in [1.29, 1.82) is 0 Å². The number of urea groups is 1. The summed E-state index contributed by atoms with van der Waals surface area (Å²) >= 11 is 0. The Hall–Kier alpha value is -1.26. The number of aliphatic carboxylic acids is 1. The molecule has 1 atom stereocenters. The molecule has 0 saturated heterocycles. The van der Waals surface area contributed by atoms with Crippen molar-refractivity contribution in [2.45, 2.75) is 39.2 Å². The maximum atomic E-state index is 11.4. The molecule has 0 bridgehead atoms. The van der Waals surface area contributed by atoms with Crippen LogP contribution in [0.4, 0.5) is 4.79 Å². The van der Waals surface area contributed by atoms with Crippen LogP contribution in [-0.4, -0.2) is 41.6 Å². The Balaban J connectivity index is 3.83. The van der Waals surface area contributed by atoms with Crippen LogP contribution in [0.5, 0.6) is 0 Å². The summed E-state index contributed by atoms with van der Waals surface area (Å²) in [6.07, 6.45) is 3.12. The van der Waals surface area contributed by atoms with Gasteiger partial charge in [-0.25, -0.2) is 4.79 Å². The van der Waals surface area contributed by atoms with E-state index in [4.69, 9.17) is 5.11 Å². The van der Waals surface area contributed by atoms with E-state index in [2.05, 4.69) is 12.2 Å². The first-order valence-electron chi connectivity index (χ1n) is 5.23. The molecule has 5 heteroatoms. The van der Waals surface area contributed by atoms with Crippen LogP contribution in [0.1, 0.15) is 33.1 Å². The second-order valence-corrected chi connectivity index (χ2v) is 3.64. The van der Waals surface area contributed by atoms with Crippen LogP contribution in [0.15, 0.2) is 0 Å². The Bertz CT molecular complexity index is 219. The second-order valence-electron chi connectivity index (χ2n) is 3.64. The first-order chi connectivity index (χ1) is 6.99. The summed E-state index contributed by atoms with van der Waals surface area (Å²) in [7, 11) is 1.67. The molecule has 0 fully saturated rings. The van der Waals surface area contributed by atoms with Crippen LogP contribution in [0.25, 0.3) is 0 Å². The predicted molar refractivity (Wildman–Crippen MR) is 57.8 cm³/mol. The number of rotatable bonds is 6. The van der Waals surface area contributed by atoms with Gasteiger partial charge in [0.05, 0.1) is 0 Å². The molecule has 0 unspecified atom stereocenters. The molecule has 15 heavy (non-hydrogen) atoms. The molecular weight excluding hydrogens is 196 g/mol. The minimum absolute atomic E-state index is 0.332. The molecule has 0 heterocycles. The van der Waals surface area contributed by atoms with E-state index in [1.54, 1.807) is 7.05 Å². The fraction of sp³-hybridized carbons (Fsp3) is 0.800. The third-order valence-electron chi connectivity index (χ3n) is 2.15. The predicted octanol–water partition coefficient (Wildman–Crippen LogP) is 1.29. The Morgan fingerprint density at radius 3 is 2.47 bits per heavy atom. The van der Waals surface area contributed by atoms with E-state index >= 15 is 0 Å². The summed E-state index contributed by atoms with van der Waals surface area (Å²) in [5.41, 5.74) is 0. The lowest BCUT2D eigenvalue weighted by Crippen LogP contribution is -2.45. The highest BCUT2D eigenvalue weighted by atomic mass is 16.4. The summed E-state index contributed by atoms with van der Waals surface area (Å²) in [4.78, 5) is 23.4. The van der Waals surface area contributed by atoms with Crippen molar-refractivity contribution in [2.75, 3.05) is 13.6 Å². The molecule has 5 nitrogen and oxygen atoms in total. The van der Waals surface area contributed by atoms with E-state index in [-0.39, 0.29) is 6.03 Å². The lowest BCUT2D eigenvalue weighted by Gasteiger charge is -2.19. The monoisotopic (exact) mass is 216 g/mol. The van der Waals surface area contributed by atoms with Crippen molar-refractivity contribution >= 4 is 12.0 Å². The SMILES string of the molecule is CCCCCN(C)C(=O)N[C@H](C)C(=O)O. The van der Waals surface area contributed by atoms with Gasteiger partial charge in [-0.15, -0.1) is 0 Å². The normalized spacial score (nSPS) is 11.9. The van der Waals surface area contributed by atoms with Gasteiger partial charge in [0.15, 0.2) is 0 Å². The van der Waals surface area contributed by atoms with E-state index in [0.29, 0.717) is 6.54 Å². The Morgan fingerprint density at radius 2 is 2.00 bits per heavy atom. The molecule has 0 aliphatic carbocycles. The molecule has 0 aliphatic rings.